The van der Waals surface area contributed by atoms with Crippen molar-refractivity contribution < 1.29 is 43.9 Å². The maximum atomic E-state index is 15.3. The molecule has 4 aromatic carbocycles. The molecule has 0 radical (unpaired) electrons. The lowest BCUT2D eigenvalue weighted by atomic mass is 9.35. The van der Waals surface area contributed by atoms with Crippen molar-refractivity contribution in [2.24, 2.45) is 0 Å². The first-order valence-corrected chi connectivity index (χ1v) is 13.2. The lowest BCUT2D eigenvalue weighted by Gasteiger charge is -2.48. The molecule has 5 rings (SSSR count). The summed E-state index contributed by atoms with van der Waals surface area (Å²) in [5, 5.41) is 0. The van der Waals surface area contributed by atoms with Crippen molar-refractivity contribution in [3.05, 3.63) is 118 Å². The van der Waals surface area contributed by atoms with Crippen LogP contribution in [0.3, 0.4) is 0 Å². The predicted molar refractivity (Wildman–Crippen MR) is 143 cm³/mol. The Hall–Kier alpha value is -3.96. The zero-order valence-electron chi connectivity index (χ0n) is 22.9. The zero-order valence-corrected chi connectivity index (χ0v) is 22.9. The van der Waals surface area contributed by atoms with Crippen LogP contribution in [0.1, 0.15) is 44.2 Å². The van der Waals surface area contributed by atoms with Gasteiger partial charge < -0.3 is 4.90 Å². The molecule has 43 heavy (non-hydrogen) atoms. The summed E-state index contributed by atoms with van der Waals surface area (Å²) in [6.45, 7) is 3.09. The zero-order chi connectivity index (χ0) is 31.5. The van der Waals surface area contributed by atoms with Crippen LogP contribution >= 0.6 is 0 Å². The van der Waals surface area contributed by atoms with Crippen LogP contribution in [0.5, 0.6) is 0 Å². The van der Waals surface area contributed by atoms with E-state index in [1.54, 1.807) is 6.07 Å². The number of fused-ring (bicyclic) bond motifs is 1. The van der Waals surface area contributed by atoms with Gasteiger partial charge in [-0.25, -0.2) is 43.9 Å². The third-order valence-electron chi connectivity index (χ3n) is 8.05. The molecule has 0 unspecified atom stereocenters. The van der Waals surface area contributed by atoms with Gasteiger partial charge in [-0.05, 0) is 43.4 Å². The van der Waals surface area contributed by atoms with Gasteiger partial charge in [-0.2, -0.15) is 0 Å². The number of hydrogen-bond donors (Lipinski definition) is 0. The fraction of sp³-hybridized carbons (Fsp3) is 0.226. The number of benzene rings is 4. The van der Waals surface area contributed by atoms with Gasteiger partial charge in [0.2, 0.25) is 0 Å². The van der Waals surface area contributed by atoms with E-state index in [0.29, 0.717) is 6.42 Å². The normalized spacial score (nSPS) is 15.9. The Bertz CT molecular complexity index is 1630. The molecule has 1 aliphatic rings. The molecule has 1 nitrogen and oxygen atoms in total. The number of halogens is 10. The molecule has 0 spiro atoms. The first-order chi connectivity index (χ1) is 20.2. The van der Waals surface area contributed by atoms with Crippen LogP contribution in [0, 0.1) is 58.2 Å². The van der Waals surface area contributed by atoms with Gasteiger partial charge in [-0.3, -0.25) is 0 Å². The smallest absolute Gasteiger partial charge is 0.257 e. The fourth-order valence-electron chi connectivity index (χ4n) is 6.08. The lowest BCUT2D eigenvalue weighted by molar-refractivity contribution is 0.374. The molecular formula is C31H22BF10N. The van der Waals surface area contributed by atoms with Gasteiger partial charge in [0.1, 0.15) is 0 Å². The third kappa shape index (κ3) is 4.84. The van der Waals surface area contributed by atoms with Gasteiger partial charge in [-0.1, -0.05) is 54.9 Å². The molecule has 0 aromatic heterocycles. The molecule has 0 amide bonds. The van der Waals surface area contributed by atoms with Crippen molar-refractivity contribution in [1.82, 2.24) is 0 Å². The van der Waals surface area contributed by atoms with E-state index in [1.165, 1.54) is 18.2 Å². The van der Waals surface area contributed by atoms with E-state index in [1.807, 2.05) is 43.9 Å². The molecule has 12 heteroatoms. The maximum Gasteiger partial charge on any atom is 0.257 e. The Kier molecular flexibility index (Phi) is 7.77. The molecule has 0 bridgehead atoms. The van der Waals surface area contributed by atoms with Crippen LogP contribution in [0.4, 0.5) is 49.6 Å². The van der Waals surface area contributed by atoms with E-state index in [9.17, 15) is 26.3 Å². The minimum Gasteiger partial charge on any atom is -0.362 e. The average Bonchev–Trinajstić information content (AvgIpc) is 2.98. The molecule has 224 valence electrons. The Morgan fingerprint density at radius 2 is 1.05 bits per heavy atom. The quantitative estimate of drug-likeness (QED) is 0.103. The van der Waals surface area contributed by atoms with Crippen LogP contribution in [-0.2, 0) is 6.54 Å². The summed E-state index contributed by atoms with van der Waals surface area (Å²) >= 11 is 0. The van der Waals surface area contributed by atoms with Gasteiger partial charge >= 0.3 is 0 Å². The van der Waals surface area contributed by atoms with E-state index in [0.717, 1.165) is 17.3 Å². The summed E-state index contributed by atoms with van der Waals surface area (Å²) in [4.78, 5) is 1.90. The standard InChI is InChI=1S/C31H22BF10N/c1-14-12-31(2,3)43(18-11-7-5-9-16(14)18)13-15-8-4-6-10-17(15)32(19-21(33)25(37)29(41)26(38)22(19)34)20-23(35)27(39)30(42)28(40)24(20)36/h4-11,14H,12-13H2,1-3H3/t14-/m0/s1. The minimum absolute atomic E-state index is 0.0813. The van der Waals surface area contributed by atoms with Crippen molar-refractivity contribution in [2.45, 2.75) is 45.2 Å². The van der Waals surface area contributed by atoms with E-state index in [4.69, 9.17) is 0 Å². The predicted octanol–water partition coefficient (Wildman–Crippen LogP) is 6.89. The van der Waals surface area contributed by atoms with Crippen molar-refractivity contribution in [2.75, 3.05) is 4.90 Å². The third-order valence-corrected chi connectivity index (χ3v) is 8.05. The van der Waals surface area contributed by atoms with Crippen LogP contribution in [0.25, 0.3) is 0 Å². The van der Waals surface area contributed by atoms with E-state index >= 15 is 17.6 Å². The molecule has 0 aliphatic carbocycles. The van der Waals surface area contributed by atoms with Crippen molar-refractivity contribution >= 4 is 28.8 Å². The molecular weight excluding hydrogens is 587 g/mol. The Labute approximate surface area is 240 Å². The number of nitrogens with zero attached hydrogens (tertiary/aromatic N) is 1. The summed E-state index contributed by atoms with van der Waals surface area (Å²) in [6.07, 6.45) is 0.630. The average molecular weight is 609 g/mol. The summed E-state index contributed by atoms with van der Waals surface area (Å²) in [7, 11) is 0. The molecule has 4 aromatic rings. The lowest BCUT2D eigenvalue weighted by Crippen LogP contribution is -2.59. The van der Waals surface area contributed by atoms with E-state index in [2.05, 4.69) is 0 Å². The number of rotatable bonds is 5. The van der Waals surface area contributed by atoms with Gasteiger partial charge in [0.25, 0.3) is 6.71 Å². The molecule has 0 fully saturated rings. The van der Waals surface area contributed by atoms with Crippen molar-refractivity contribution in [3.63, 3.8) is 0 Å². The highest BCUT2D eigenvalue weighted by molar-refractivity contribution is 6.96. The second-order valence-electron chi connectivity index (χ2n) is 11.2. The van der Waals surface area contributed by atoms with Crippen LogP contribution < -0.4 is 21.3 Å². The highest BCUT2D eigenvalue weighted by Gasteiger charge is 2.42. The fourth-order valence-corrected chi connectivity index (χ4v) is 6.08. The monoisotopic (exact) mass is 609 g/mol. The Morgan fingerprint density at radius 3 is 1.56 bits per heavy atom. The summed E-state index contributed by atoms with van der Waals surface area (Å²) < 4.78 is 147. The second-order valence-corrected chi connectivity index (χ2v) is 11.2. The summed E-state index contributed by atoms with van der Waals surface area (Å²) in [5.74, 6) is -24.7. The van der Waals surface area contributed by atoms with Crippen LogP contribution in [0.15, 0.2) is 48.5 Å². The molecule has 1 atom stereocenters. The van der Waals surface area contributed by atoms with Crippen molar-refractivity contribution in [3.8, 4) is 0 Å². The summed E-state index contributed by atoms with van der Waals surface area (Å²) in [5.41, 5.74) is -2.75. The first kappa shape index (κ1) is 30.5. The van der Waals surface area contributed by atoms with Gasteiger partial charge in [0.05, 0.1) is 0 Å². The highest BCUT2D eigenvalue weighted by atomic mass is 19.2. The largest absolute Gasteiger partial charge is 0.362 e. The molecule has 1 heterocycles. The number of para-hydroxylation sites is 1. The van der Waals surface area contributed by atoms with Crippen LogP contribution in [-0.4, -0.2) is 12.3 Å². The topological polar surface area (TPSA) is 3.24 Å². The van der Waals surface area contributed by atoms with Gasteiger partial charge in [0.15, 0.2) is 58.2 Å². The van der Waals surface area contributed by atoms with E-state index < -0.39 is 86.8 Å². The SMILES string of the molecule is C[C@H]1CC(C)(C)N(Cc2ccccc2B(c2c(F)c(F)c(F)c(F)c2F)c2c(F)c(F)c(F)c(F)c2F)c2ccccc21. The Morgan fingerprint density at radius 1 is 0.628 bits per heavy atom. The molecule has 0 N–H and O–H groups in total. The maximum absolute atomic E-state index is 15.3. The van der Waals surface area contributed by atoms with Gasteiger partial charge in [-0.15, -0.1) is 0 Å². The minimum atomic E-state index is -2.63. The Balaban J connectivity index is 1.82. The molecule has 0 saturated carbocycles. The van der Waals surface area contributed by atoms with Crippen molar-refractivity contribution in [1.29, 1.82) is 0 Å². The van der Waals surface area contributed by atoms with E-state index in [-0.39, 0.29) is 18.0 Å². The highest BCUT2D eigenvalue weighted by Crippen LogP contribution is 2.43. The number of hydrogen-bond acceptors (Lipinski definition) is 1. The second kappa shape index (κ2) is 11.0. The number of anilines is 1. The van der Waals surface area contributed by atoms with Crippen LogP contribution in [0.2, 0.25) is 0 Å². The first-order valence-electron chi connectivity index (χ1n) is 13.2. The molecule has 0 saturated heterocycles. The summed E-state index contributed by atoms with van der Waals surface area (Å²) in [6, 6.07) is 12.5. The molecule has 1 aliphatic heterocycles. The van der Waals surface area contributed by atoms with Gasteiger partial charge in [0, 0.05) is 28.7 Å².